The zero-order valence-corrected chi connectivity index (χ0v) is 16.0. The maximum Gasteiger partial charge on any atom is 0.224 e. The van der Waals surface area contributed by atoms with E-state index in [-0.39, 0.29) is 42.1 Å². The molecule has 2 rings (SSSR count). The Bertz CT molecular complexity index is 584. The lowest BCUT2D eigenvalue weighted by Gasteiger charge is -2.17. The van der Waals surface area contributed by atoms with Gasteiger partial charge < -0.3 is 16.0 Å². The van der Waals surface area contributed by atoms with Crippen molar-refractivity contribution in [1.82, 2.24) is 16.0 Å². The van der Waals surface area contributed by atoms with Crippen molar-refractivity contribution in [3.63, 3.8) is 0 Å². The zero-order chi connectivity index (χ0) is 16.5. The summed E-state index contributed by atoms with van der Waals surface area (Å²) in [5, 5.41) is 9.29. The maximum absolute atomic E-state index is 13.1. The van der Waals surface area contributed by atoms with Crippen LogP contribution in [0.2, 0.25) is 0 Å². The molecular weight excluding hydrogens is 422 g/mol. The largest absolute Gasteiger partial charge is 0.355 e. The van der Waals surface area contributed by atoms with E-state index >= 15 is 0 Å². The van der Waals surface area contributed by atoms with E-state index in [1.807, 2.05) is 0 Å². The van der Waals surface area contributed by atoms with E-state index in [9.17, 15) is 9.18 Å². The summed E-state index contributed by atoms with van der Waals surface area (Å²) in [4.78, 5) is 16.0. The second-order valence-corrected chi connectivity index (χ2v) is 5.44. The van der Waals surface area contributed by atoms with Gasteiger partial charge in [0.05, 0.1) is 6.42 Å². The molecule has 132 valence electrons. The van der Waals surface area contributed by atoms with E-state index in [1.54, 1.807) is 19.2 Å². The lowest BCUT2D eigenvalue weighted by Crippen LogP contribution is -2.45. The van der Waals surface area contributed by atoms with Crippen LogP contribution in [0.15, 0.2) is 41.4 Å². The Balaban J connectivity index is 0.00000288. The quantitative estimate of drug-likeness (QED) is 0.206. The van der Waals surface area contributed by atoms with Gasteiger partial charge in [-0.1, -0.05) is 24.3 Å². The first-order valence-corrected chi connectivity index (χ1v) is 7.80. The highest BCUT2D eigenvalue weighted by Crippen LogP contribution is 2.08. The molecule has 0 radical (unpaired) electrons. The van der Waals surface area contributed by atoms with Crippen LogP contribution in [0.1, 0.15) is 18.4 Å². The molecule has 1 aromatic rings. The molecule has 0 saturated carbocycles. The summed E-state index contributed by atoms with van der Waals surface area (Å²) >= 11 is 0. The van der Waals surface area contributed by atoms with E-state index in [0.717, 1.165) is 18.8 Å². The molecular formula is C17H24FIN4O. The minimum Gasteiger partial charge on any atom is -0.355 e. The number of hydrogen-bond acceptors (Lipinski definition) is 2. The molecule has 1 amide bonds. The lowest BCUT2D eigenvalue weighted by atomic mass is 10.1. The smallest absolute Gasteiger partial charge is 0.224 e. The number of nitrogens with zero attached hydrogens (tertiary/aromatic N) is 1. The van der Waals surface area contributed by atoms with Gasteiger partial charge in [0.25, 0.3) is 0 Å². The van der Waals surface area contributed by atoms with Crippen molar-refractivity contribution in [2.75, 3.05) is 20.1 Å². The summed E-state index contributed by atoms with van der Waals surface area (Å²) in [6.45, 7) is 1.06. The van der Waals surface area contributed by atoms with Crippen molar-refractivity contribution in [3.05, 3.63) is 47.8 Å². The van der Waals surface area contributed by atoms with Crippen LogP contribution < -0.4 is 16.0 Å². The Morgan fingerprint density at radius 3 is 2.62 bits per heavy atom. The summed E-state index contributed by atoms with van der Waals surface area (Å²) in [5.74, 6) is 0.284. The van der Waals surface area contributed by atoms with Crippen LogP contribution >= 0.6 is 24.0 Å². The normalized spacial score (nSPS) is 14.2. The van der Waals surface area contributed by atoms with Crippen molar-refractivity contribution in [3.8, 4) is 0 Å². The molecule has 0 spiro atoms. The standard InChI is InChI=1S/C17H23FN4O.HI/c1-19-17(22-15-7-2-3-8-15)21-10-9-20-16(23)12-13-5-4-6-14(18)11-13;/h2-6,11,15H,7-10,12H2,1H3,(H,20,23)(H2,19,21,22);1H. The number of guanidine groups is 1. The molecule has 5 nitrogen and oxygen atoms in total. The highest BCUT2D eigenvalue weighted by atomic mass is 127. The Labute approximate surface area is 159 Å². The van der Waals surface area contributed by atoms with Crippen LogP contribution in [0, 0.1) is 5.82 Å². The van der Waals surface area contributed by atoms with Crippen LogP contribution in [0.5, 0.6) is 0 Å². The highest BCUT2D eigenvalue weighted by molar-refractivity contribution is 14.0. The number of hydrogen-bond donors (Lipinski definition) is 3. The lowest BCUT2D eigenvalue weighted by molar-refractivity contribution is -0.120. The van der Waals surface area contributed by atoms with Gasteiger partial charge in [-0.05, 0) is 30.5 Å². The van der Waals surface area contributed by atoms with Crippen molar-refractivity contribution in [2.45, 2.75) is 25.3 Å². The monoisotopic (exact) mass is 446 g/mol. The van der Waals surface area contributed by atoms with Gasteiger partial charge in [-0.3, -0.25) is 9.79 Å². The highest BCUT2D eigenvalue weighted by Gasteiger charge is 2.11. The van der Waals surface area contributed by atoms with Crippen LogP contribution in [0.25, 0.3) is 0 Å². The summed E-state index contributed by atoms with van der Waals surface area (Å²) in [6, 6.07) is 6.47. The maximum atomic E-state index is 13.1. The molecule has 24 heavy (non-hydrogen) atoms. The summed E-state index contributed by atoms with van der Waals surface area (Å²) < 4.78 is 13.1. The number of rotatable bonds is 6. The second-order valence-electron chi connectivity index (χ2n) is 5.44. The van der Waals surface area contributed by atoms with Gasteiger partial charge >= 0.3 is 0 Å². The first-order chi connectivity index (χ1) is 11.2. The van der Waals surface area contributed by atoms with Gasteiger partial charge in [-0.2, -0.15) is 0 Å². The van der Waals surface area contributed by atoms with Crippen molar-refractivity contribution >= 4 is 35.8 Å². The number of nitrogens with one attached hydrogen (secondary N) is 3. The molecule has 7 heteroatoms. The van der Waals surface area contributed by atoms with Gasteiger partial charge in [0.1, 0.15) is 5.82 Å². The van der Waals surface area contributed by atoms with E-state index < -0.39 is 0 Å². The van der Waals surface area contributed by atoms with Gasteiger partial charge in [-0.15, -0.1) is 24.0 Å². The summed E-state index contributed by atoms with van der Waals surface area (Å²) in [6.07, 6.45) is 6.49. The average Bonchev–Trinajstić information content (AvgIpc) is 3.03. The fourth-order valence-electron chi connectivity index (χ4n) is 2.40. The fraction of sp³-hybridized carbons (Fsp3) is 0.412. The number of amides is 1. The predicted octanol–water partition coefficient (Wildman–Crippen LogP) is 1.99. The molecule has 3 N–H and O–H groups in total. The molecule has 0 bridgehead atoms. The number of benzene rings is 1. The summed E-state index contributed by atoms with van der Waals surface area (Å²) in [7, 11) is 1.72. The number of carbonyl (C=O) groups excluding carboxylic acids is 1. The van der Waals surface area contributed by atoms with Crippen molar-refractivity contribution < 1.29 is 9.18 Å². The van der Waals surface area contributed by atoms with E-state index in [2.05, 4.69) is 33.1 Å². The number of aliphatic imine (C=N–C) groups is 1. The third kappa shape index (κ3) is 7.29. The number of carbonyl (C=O) groups is 1. The molecule has 0 aliphatic heterocycles. The summed E-state index contributed by atoms with van der Waals surface area (Å²) in [5.41, 5.74) is 0.668. The molecule has 1 aliphatic rings. The molecule has 0 fully saturated rings. The third-order valence-corrected chi connectivity index (χ3v) is 3.57. The van der Waals surface area contributed by atoms with Crippen molar-refractivity contribution in [1.29, 1.82) is 0 Å². The molecule has 0 saturated heterocycles. The van der Waals surface area contributed by atoms with E-state index in [0.29, 0.717) is 24.7 Å². The molecule has 1 aliphatic carbocycles. The molecule has 0 unspecified atom stereocenters. The van der Waals surface area contributed by atoms with Crippen molar-refractivity contribution in [2.24, 2.45) is 4.99 Å². The zero-order valence-electron chi connectivity index (χ0n) is 13.7. The average molecular weight is 446 g/mol. The fourth-order valence-corrected chi connectivity index (χ4v) is 2.40. The molecule has 0 atom stereocenters. The Hall–Kier alpha value is -1.64. The van der Waals surface area contributed by atoms with Gasteiger partial charge in [0.15, 0.2) is 5.96 Å². The Morgan fingerprint density at radius 1 is 1.25 bits per heavy atom. The van der Waals surface area contributed by atoms with E-state index in [4.69, 9.17) is 0 Å². The first kappa shape index (κ1) is 20.4. The van der Waals surface area contributed by atoms with Gasteiger partial charge in [0, 0.05) is 26.2 Å². The van der Waals surface area contributed by atoms with Crippen LogP contribution in [-0.4, -0.2) is 38.0 Å². The SMILES string of the molecule is CN=C(NCCNC(=O)Cc1cccc(F)c1)NC1CC=CC1.I. The Kier molecular flexibility index (Phi) is 9.36. The molecule has 0 aromatic heterocycles. The second kappa shape index (κ2) is 11.0. The minimum atomic E-state index is -0.326. The van der Waals surface area contributed by atoms with Gasteiger partial charge in [-0.25, -0.2) is 4.39 Å². The predicted molar refractivity (Wildman–Crippen MR) is 105 cm³/mol. The van der Waals surface area contributed by atoms with E-state index in [1.165, 1.54) is 12.1 Å². The number of halogens is 2. The minimum absolute atomic E-state index is 0. The van der Waals surface area contributed by atoms with Crippen LogP contribution in [0.3, 0.4) is 0 Å². The van der Waals surface area contributed by atoms with Crippen LogP contribution in [0.4, 0.5) is 4.39 Å². The molecule has 1 aromatic carbocycles. The molecule has 0 heterocycles. The van der Waals surface area contributed by atoms with Gasteiger partial charge in [0.2, 0.25) is 5.91 Å². The third-order valence-electron chi connectivity index (χ3n) is 3.57. The Morgan fingerprint density at radius 2 is 1.96 bits per heavy atom. The topological polar surface area (TPSA) is 65.5 Å². The van der Waals surface area contributed by atoms with Crippen LogP contribution in [-0.2, 0) is 11.2 Å². The first-order valence-electron chi connectivity index (χ1n) is 7.80.